The van der Waals surface area contributed by atoms with Crippen molar-refractivity contribution in [3.63, 3.8) is 0 Å². The summed E-state index contributed by atoms with van der Waals surface area (Å²) in [7, 11) is 0. The van der Waals surface area contributed by atoms with Crippen molar-refractivity contribution in [2.75, 3.05) is 53.3 Å². The van der Waals surface area contributed by atoms with Crippen molar-refractivity contribution in [1.29, 1.82) is 0 Å². The Bertz CT molecular complexity index is 1090. The maximum Gasteiger partial charge on any atom is 0.227 e. The van der Waals surface area contributed by atoms with Gasteiger partial charge in [-0.2, -0.15) is 16.7 Å². The van der Waals surface area contributed by atoms with E-state index in [2.05, 4.69) is 64.5 Å². The number of benzene rings is 1. The number of thioether (sulfide) groups is 1. The van der Waals surface area contributed by atoms with E-state index in [1.807, 2.05) is 30.2 Å². The second kappa shape index (κ2) is 8.77. The first-order valence-electron chi connectivity index (χ1n) is 11.5. The molecule has 0 amide bonds. The maximum atomic E-state index is 4.78. The van der Waals surface area contributed by atoms with Crippen LogP contribution in [0.5, 0.6) is 0 Å². The van der Waals surface area contributed by atoms with Crippen LogP contribution < -0.4 is 15.1 Å². The number of rotatable bonds is 6. The summed E-state index contributed by atoms with van der Waals surface area (Å²) in [6.07, 6.45) is 8.44. The third kappa shape index (κ3) is 4.49. The Balaban J connectivity index is 1.33. The number of anilines is 4. The molecule has 1 N–H and O–H groups in total. The minimum atomic E-state index is 0.300. The molecule has 0 bridgehead atoms. The summed E-state index contributed by atoms with van der Waals surface area (Å²) in [5.74, 6) is 4.42. The first kappa shape index (κ1) is 21.3. The molecule has 3 aromatic rings. The number of hydrogen-bond donors (Lipinski definition) is 1. The van der Waals surface area contributed by atoms with Crippen LogP contribution in [-0.4, -0.2) is 53.1 Å². The van der Waals surface area contributed by atoms with Crippen LogP contribution in [0.4, 0.5) is 23.3 Å². The minimum absolute atomic E-state index is 0.300. The number of hydrogen-bond acceptors (Lipinski definition) is 7. The number of pyridine rings is 1. The molecule has 0 aliphatic carbocycles. The predicted octanol–water partition coefficient (Wildman–Crippen LogP) is 5.19. The normalized spacial score (nSPS) is 18.6. The van der Waals surface area contributed by atoms with Crippen LogP contribution in [0.3, 0.4) is 0 Å². The second-order valence-electron chi connectivity index (χ2n) is 9.85. The van der Waals surface area contributed by atoms with Crippen molar-refractivity contribution < 1.29 is 0 Å². The number of piperidine rings is 1. The molecule has 168 valence electrons. The molecule has 0 spiro atoms. The van der Waals surface area contributed by atoms with Gasteiger partial charge >= 0.3 is 0 Å². The monoisotopic (exact) mass is 448 g/mol. The van der Waals surface area contributed by atoms with Crippen LogP contribution in [0.15, 0.2) is 42.7 Å². The number of fused-ring (bicyclic) bond motifs is 1. The van der Waals surface area contributed by atoms with Crippen molar-refractivity contribution >= 4 is 45.8 Å². The Morgan fingerprint density at radius 3 is 2.81 bits per heavy atom. The quantitative estimate of drug-likeness (QED) is 0.556. The van der Waals surface area contributed by atoms with Gasteiger partial charge in [0.15, 0.2) is 0 Å². The molecule has 7 heteroatoms. The van der Waals surface area contributed by atoms with Crippen molar-refractivity contribution in [3.8, 4) is 0 Å². The largest absolute Gasteiger partial charge is 0.370 e. The smallest absolute Gasteiger partial charge is 0.227 e. The van der Waals surface area contributed by atoms with Crippen molar-refractivity contribution in [2.45, 2.75) is 26.7 Å². The van der Waals surface area contributed by atoms with E-state index in [4.69, 9.17) is 9.97 Å². The molecule has 32 heavy (non-hydrogen) atoms. The van der Waals surface area contributed by atoms with E-state index in [1.165, 1.54) is 35.1 Å². The molecule has 2 aromatic heterocycles. The van der Waals surface area contributed by atoms with Gasteiger partial charge in [0, 0.05) is 55.6 Å². The third-order valence-corrected chi connectivity index (χ3v) is 7.33. The summed E-state index contributed by atoms with van der Waals surface area (Å²) in [6, 6.07) is 10.5. The van der Waals surface area contributed by atoms with Crippen molar-refractivity contribution in [2.24, 2.45) is 11.3 Å². The second-order valence-corrected chi connectivity index (χ2v) is 10.8. The topological polar surface area (TPSA) is 57.2 Å². The molecule has 0 atom stereocenters. The lowest BCUT2D eigenvalue weighted by molar-refractivity contribution is 0.291. The van der Waals surface area contributed by atoms with Crippen molar-refractivity contribution in [3.05, 3.63) is 42.7 Å². The molecular formula is C25H32N6S. The van der Waals surface area contributed by atoms with Gasteiger partial charge in [-0.3, -0.25) is 0 Å². The summed E-state index contributed by atoms with van der Waals surface area (Å²) in [6.45, 7) is 8.91. The summed E-state index contributed by atoms with van der Waals surface area (Å²) in [4.78, 5) is 18.8. The van der Waals surface area contributed by atoms with Crippen LogP contribution in [0.1, 0.15) is 26.7 Å². The summed E-state index contributed by atoms with van der Waals surface area (Å²) in [5, 5.41) is 5.79. The maximum absolute atomic E-state index is 4.78. The number of nitrogens with zero attached hydrogens (tertiary/aromatic N) is 5. The molecule has 2 fully saturated rings. The molecule has 6 nitrogen and oxygen atoms in total. The highest BCUT2D eigenvalue weighted by Gasteiger charge is 2.28. The van der Waals surface area contributed by atoms with Crippen LogP contribution in [0.2, 0.25) is 0 Å². The number of nitrogens with one attached hydrogen (secondary N) is 1. The predicted molar refractivity (Wildman–Crippen MR) is 136 cm³/mol. The van der Waals surface area contributed by atoms with Gasteiger partial charge in [0.05, 0.1) is 0 Å². The van der Waals surface area contributed by atoms with E-state index < -0.39 is 0 Å². The standard InChI is InChI=1S/C25H32N6S/c1-25(2)9-5-11-30(17-25)24-26-10-8-22(29-24)28-23-12-19-6-4-7-21(20(19)13-27-23)31-14-18(15-31)16-32-3/h4,6-8,10,12-13,18H,5,9,11,14-17H2,1-3H3,(H,26,27,28,29). The lowest BCUT2D eigenvalue weighted by Gasteiger charge is -2.41. The fourth-order valence-corrected chi connectivity index (χ4v) is 5.59. The average molecular weight is 449 g/mol. The molecular weight excluding hydrogens is 416 g/mol. The van der Waals surface area contributed by atoms with Crippen LogP contribution >= 0.6 is 11.8 Å². The Morgan fingerprint density at radius 1 is 1.12 bits per heavy atom. The third-order valence-electron chi connectivity index (χ3n) is 6.52. The van der Waals surface area contributed by atoms with E-state index in [9.17, 15) is 0 Å². The number of aromatic nitrogens is 3. The van der Waals surface area contributed by atoms with E-state index in [0.29, 0.717) is 5.41 Å². The van der Waals surface area contributed by atoms with Crippen LogP contribution in [-0.2, 0) is 0 Å². The minimum Gasteiger partial charge on any atom is -0.370 e. The Labute approximate surface area is 194 Å². The van der Waals surface area contributed by atoms with E-state index in [-0.39, 0.29) is 0 Å². The van der Waals surface area contributed by atoms with Gasteiger partial charge in [0.2, 0.25) is 5.95 Å². The lowest BCUT2D eigenvalue weighted by Crippen LogP contribution is -2.48. The zero-order valence-corrected chi connectivity index (χ0v) is 20.0. The van der Waals surface area contributed by atoms with Crippen LogP contribution in [0, 0.1) is 11.3 Å². The first-order valence-corrected chi connectivity index (χ1v) is 12.9. The van der Waals surface area contributed by atoms with Gasteiger partial charge in [0.1, 0.15) is 11.6 Å². The molecule has 0 radical (unpaired) electrons. The first-order chi connectivity index (χ1) is 15.5. The van der Waals surface area contributed by atoms with E-state index >= 15 is 0 Å². The Hall–Kier alpha value is -2.54. The average Bonchev–Trinajstić information content (AvgIpc) is 2.75. The van der Waals surface area contributed by atoms with Gasteiger partial charge < -0.3 is 15.1 Å². The van der Waals surface area contributed by atoms with Gasteiger partial charge in [-0.25, -0.2) is 9.97 Å². The molecule has 2 aliphatic heterocycles. The highest BCUT2D eigenvalue weighted by Crippen LogP contribution is 2.34. The van der Waals surface area contributed by atoms with Gasteiger partial charge in [-0.05, 0) is 53.9 Å². The molecule has 0 saturated carbocycles. The Morgan fingerprint density at radius 2 is 2.00 bits per heavy atom. The molecule has 0 unspecified atom stereocenters. The summed E-state index contributed by atoms with van der Waals surface area (Å²) in [5.41, 5.74) is 1.59. The molecule has 2 aliphatic rings. The van der Waals surface area contributed by atoms with Crippen LogP contribution in [0.25, 0.3) is 10.8 Å². The molecule has 4 heterocycles. The lowest BCUT2D eigenvalue weighted by atomic mass is 9.84. The van der Waals surface area contributed by atoms with Gasteiger partial charge in [-0.15, -0.1) is 0 Å². The summed E-state index contributed by atoms with van der Waals surface area (Å²) < 4.78 is 0. The molecule has 5 rings (SSSR count). The summed E-state index contributed by atoms with van der Waals surface area (Å²) >= 11 is 1.94. The van der Waals surface area contributed by atoms with Gasteiger partial charge in [-0.1, -0.05) is 26.0 Å². The van der Waals surface area contributed by atoms with E-state index in [1.54, 1.807) is 0 Å². The molecule has 1 aromatic carbocycles. The highest BCUT2D eigenvalue weighted by molar-refractivity contribution is 7.98. The highest BCUT2D eigenvalue weighted by atomic mass is 32.2. The Kier molecular flexibility index (Phi) is 5.84. The fraction of sp³-hybridized carbons (Fsp3) is 0.480. The SMILES string of the molecule is CSCC1CN(c2cccc3cc(Nc4ccnc(N5CCCC(C)(C)C5)n4)ncc23)C1. The van der Waals surface area contributed by atoms with Crippen molar-refractivity contribution in [1.82, 2.24) is 15.0 Å². The zero-order chi connectivity index (χ0) is 22.1. The molecule has 2 saturated heterocycles. The fourth-order valence-electron chi connectivity index (χ4n) is 4.90. The van der Waals surface area contributed by atoms with Gasteiger partial charge in [0.25, 0.3) is 0 Å². The van der Waals surface area contributed by atoms with E-state index in [0.717, 1.165) is 49.7 Å². The zero-order valence-electron chi connectivity index (χ0n) is 19.2.